The van der Waals surface area contributed by atoms with Crippen molar-refractivity contribution in [2.45, 2.75) is 0 Å². The molecule has 0 aliphatic heterocycles. The van der Waals surface area contributed by atoms with E-state index in [-0.39, 0.29) is 11.0 Å². The van der Waals surface area contributed by atoms with Crippen molar-refractivity contribution in [1.29, 1.82) is 0 Å². The molecule has 78 valence electrons. The molecule has 1 rings (SSSR count). The maximum atomic E-state index is 11.1. The number of nitrogens with one attached hydrogen (secondary N) is 1. The van der Waals surface area contributed by atoms with E-state index in [1.807, 2.05) is 0 Å². The van der Waals surface area contributed by atoms with Gasteiger partial charge in [-0.25, -0.2) is 0 Å². The summed E-state index contributed by atoms with van der Waals surface area (Å²) in [5.41, 5.74) is 6.00. The molecule has 0 spiro atoms. The van der Waals surface area contributed by atoms with Gasteiger partial charge < -0.3 is 5.73 Å². The Labute approximate surface area is 97.9 Å². The van der Waals surface area contributed by atoms with Crippen LogP contribution in [0.15, 0.2) is 30.3 Å². The second kappa shape index (κ2) is 5.48. The zero-order valence-electron chi connectivity index (χ0n) is 7.74. The monoisotopic (exact) mass is 240 g/mol. The highest BCUT2D eigenvalue weighted by Crippen LogP contribution is 2.10. The first-order chi connectivity index (χ1) is 7.08. The number of thiocarbonyl (C=S) groups is 1. The standard InChI is InChI=1S/C10H9ClN2OS/c11-8-4-1-7(2-5-8)3-6-9(14)13-10(12)15/h1-6H,(H3,12,13,14,15)/b6-3+. The summed E-state index contributed by atoms with van der Waals surface area (Å²) in [5.74, 6) is -0.350. The molecule has 1 amide bonds. The third-order valence-corrected chi connectivity index (χ3v) is 1.90. The van der Waals surface area contributed by atoms with Crippen LogP contribution >= 0.6 is 23.8 Å². The summed E-state index contributed by atoms with van der Waals surface area (Å²) in [6, 6.07) is 7.08. The fraction of sp³-hybridized carbons (Fsp3) is 0. The lowest BCUT2D eigenvalue weighted by Gasteiger charge is -1.96. The van der Waals surface area contributed by atoms with Crippen molar-refractivity contribution >= 4 is 40.9 Å². The molecule has 0 aliphatic rings. The summed E-state index contributed by atoms with van der Waals surface area (Å²) in [6.07, 6.45) is 2.99. The van der Waals surface area contributed by atoms with Crippen LogP contribution < -0.4 is 11.1 Å². The SMILES string of the molecule is NC(=S)NC(=O)/C=C/c1ccc(Cl)cc1. The molecule has 0 aliphatic carbocycles. The van der Waals surface area contributed by atoms with Crippen LogP contribution in [0.3, 0.4) is 0 Å². The molecule has 0 aromatic heterocycles. The molecular weight excluding hydrogens is 232 g/mol. The molecule has 3 nitrogen and oxygen atoms in total. The average molecular weight is 241 g/mol. The third kappa shape index (κ3) is 4.58. The van der Waals surface area contributed by atoms with Crippen LogP contribution in [-0.4, -0.2) is 11.0 Å². The van der Waals surface area contributed by atoms with Gasteiger partial charge in [0.05, 0.1) is 0 Å². The molecule has 0 unspecified atom stereocenters. The Balaban J connectivity index is 2.61. The van der Waals surface area contributed by atoms with Gasteiger partial charge in [-0.2, -0.15) is 0 Å². The highest BCUT2D eigenvalue weighted by Gasteiger charge is 1.95. The van der Waals surface area contributed by atoms with Crippen LogP contribution in [0.1, 0.15) is 5.56 Å². The van der Waals surface area contributed by atoms with Crippen LogP contribution in [0.4, 0.5) is 0 Å². The summed E-state index contributed by atoms with van der Waals surface area (Å²) in [6.45, 7) is 0. The molecule has 0 atom stereocenters. The van der Waals surface area contributed by atoms with E-state index in [2.05, 4.69) is 17.5 Å². The maximum Gasteiger partial charge on any atom is 0.250 e. The molecule has 0 saturated heterocycles. The number of hydrogen-bond acceptors (Lipinski definition) is 2. The highest BCUT2D eigenvalue weighted by atomic mass is 35.5. The second-order valence-electron chi connectivity index (χ2n) is 2.74. The lowest BCUT2D eigenvalue weighted by Crippen LogP contribution is -2.33. The number of halogens is 1. The second-order valence-corrected chi connectivity index (χ2v) is 3.61. The van der Waals surface area contributed by atoms with Crippen LogP contribution in [0, 0.1) is 0 Å². The van der Waals surface area contributed by atoms with Gasteiger partial charge in [-0.05, 0) is 36.0 Å². The van der Waals surface area contributed by atoms with Crippen molar-refractivity contribution in [2.75, 3.05) is 0 Å². The predicted octanol–water partition coefficient (Wildman–Crippen LogP) is 1.71. The normalized spacial score (nSPS) is 10.2. The number of rotatable bonds is 2. The van der Waals surface area contributed by atoms with E-state index in [0.29, 0.717) is 5.02 Å². The number of benzene rings is 1. The average Bonchev–Trinajstić information content (AvgIpc) is 2.16. The Kier molecular flexibility index (Phi) is 4.27. The van der Waals surface area contributed by atoms with Crippen molar-refractivity contribution < 1.29 is 4.79 Å². The fourth-order valence-corrected chi connectivity index (χ4v) is 1.14. The van der Waals surface area contributed by atoms with Crippen molar-refractivity contribution in [3.63, 3.8) is 0 Å². The van der Waals surface area contributed by atoms with Crippen molar-refractivity contribution in [2.24, 2.45) is 5.73 Å². The number of amides is 1. The number of nitrogens with two attached hydrogens (primary N) is 1. The van der Waals surface area contributed by atoms with Crippen LogP contribution in [0.5, 0.6) is 0 Å². The zero-order valence-corrected chi connectivity index (χ0v) is 9.31. The van der Waals surface area contributed by atoms with E-state index in [1.165, 1.54) is 6.08 Å². The van der Waals surface area contributed by atoms with Gasteiger partial charge in [0.1, 0.15) is 0 Å². The van der Waals surface area contributed by atoms with Crippen LogP contribution in [0.2, 0.25) is 5.02 Å². The molecule has 15 heavy (non-hydrogen) atoms. The van der Waals surface area contributed by atoms with E-state index in [1.54, 1.807) is 30.3 Å². The number of hydrogen-bond donors (Lipinski definition) is 2. The van der Waals surface area contributed by atoms with Crippen LogP contribution in [-0.2, 0) is 4.79 Å². The smallest absolute Gasteiger partial charge is 0.250 e. The van der Waals surface area contributed by atoms with Gasteiger partial charge in [0.25, 0.3) is 0 Å². The van der Waals surface area contributed by atoms with Crippen molar-refractivity contribution in [3.05, 3.63) is 40.9 Å². The molecule has 0 fully saturated rings. The van der Waals surface area contributed by atoms with Gasteiger partial charge in [0.2, 0.25) is 5.91 Å². The van der Waals surface area contributed by atoms with Gasteiger partial charge in [-0.1, -0.05) is 23.7 Å². The summed E-state index contributed by atoms with van der Waals surface area (Å²) < 4.78 is 0. The van der Waals surface area contributed by atoms with Gasteiger partial charge in [0, 0.05) is 11.1 Å². The van der Waals surface area contributed by atoms with Gasteiger partial charge in [0.15, 0.2) is 5.11 Å². The Morgan fingerprint density at radius 1 is 1.40 bits per heavy atom. The Morgan fingerprint density at radius 3 is 2.53 bits per heavy atom. The molecule has 0 bridgehead atoms. The number of carbonyl (C=O) groups is 1. The van der Waals surface area contributed by atoms with Gasteiger partial charge in [-0.3, -0.25) is 10.1 Å². The van der Waals surface area contributed by atoms with E-state index >= 15 is 0 Å². The molecule has 0 saturated carbocycles. The summed E-state index contributed by atoms with van der Waals surface area (Å²) in [5, 5.41) is 2.89. The molecule has 3 N–H and O–H groups in total. The first-order valence-corrected chi connectivity index (χ1v) is 4.90. The largest absolute Gasteiger partial charge is 0.376 e. The minimum absolute atomic E-state index is 0.0410. The Morgan fingerprint density at radius 2 is 2.00 bits per heavy atom. The topological polar surface area (TPSA) is 55.1 Å². The third-order valence-electron chi connectivity index (χ3n) is 1.54. The van der Waals surface area contributed by atoms with Gasteiger partial charge in [-0.15, -0.1) is 0 Å². The summed E-state index contributed by atoms with van der Waals surface area (Å²) >= 11 is 10.2. The molecule has 5 heteroatoms. The minimum atomic E-state index is -0.350. The Hall–Kier alpha value is -1.39. The number of carbonyl (C=O) groups excluding carboxylic acids is 1. The first-order valence-electron chi connectivity index (χ1n) is 4.12. The van der Waals surface area contributed by atoms with E-state index in [0.717, 1.165) is 5.56 Å². The molecule has 0 radical (unpaired) electrons. The Bertz CT molecular complexity index is 400. The lowest BCUT2D eigenvalue weighted by molar-refractivity contribution is -0.115. The van der Waals surface area contributed by atoms with Crippen molar-refractivity contribution in [3.8, 4) is 0 Å². The molecule has 1 aromatic rings. The van der Waals surface area contributed by atoms with E-state index < -0.39 is 0 Å². The predicted molar refractivity (Wildman–Crippen MR) is 65.4 cm³/mol. The molecule has 1 aromatic carbocycles. The summed E-state index contributed by atoms with van der Waals surface area (Å²) in [4.78, 5) is 11.1. The highest BCUT2D eigenvalue weighted by molar-refractivity contribution is 7.80. The summed E-state index contributed by atoms with van der Waals surface area (Å²) in [7, 11) is 0. The lowest BCUT2D eigenvalue weighted by atomic mass is 10.2. The van der Waals surface area contributed by atoms with Crippen LogP contribution in [0.25, 0.3) is 6.08 Å². The zero-order chi connectivity index (χ0) is 11.3. The minimum Gasteiger partial charge on any atom is -0.376 e. The van der Waals surface area contributed by atoms with Crippen molar-refractivity contribution in [1.82, 2.24) is 5.32 Å². The quantitative estimate of drug-likeness (QED) is 0.611. The molecular formula is C10H9ClN2OS. The first kappa shape index (κ1) is 11.7. The fourth-order valence-electron chi connectivity index (χ4n) is 0.909. The maximum absolute atomic E-state index is 11.1. The van der Waals surface area contributed by atoms with Gasteiger partial charge >= 0.3 is 0 Å². The van der Waals surface area contributed by atoms with E-state index in [4.69, 9.17) is 17.3 Å². The van der Waals surface area contributed by atoms with E-state index in [9.17, 15) is 4.79 Å². The molecule has 0 heterocycles.